The maximum atomic E-state index is 13.8. The molecule has 0 aliphatic heterocycles. The van der Waals surface area contributed by atoms with Gasteiger partial charge in [0.1, 0.15) is 11.3 Å². The summed E-state index contributed by atoms with van der Waals surface area (Å²) in [5.41, 5.74) is -2.19. The lowest BCUT2D eigenvalue weighted by Gasteiger charge is -2.27. The number of hydrogen-bond acceptors (Lipinski definition) is 0. The van der Waals surface area contributed by atoms with Gasteiger partial charge in [-0.15, -0.1) is 0 Å². The molecule has 0 rings (SSSR count). The standard InChI is InChI=1S/C14H28F2/c1-6-10-14(5,16)11-8-9-12(7-2)13(3,4)15/h12H,6-11H2,1-5H3. The van der Waals surface area contributed by atoms with Crippen LogP contribution in [0.5, 0.6) is 0 Å². The summed E-state index contributed by atoms with van der Waals surface area (Å²) in [7, 11) is 0. The second-order valence-corrected chi connectivity index (χ2v) is 5.73. The van der Waals surface area contributed by atoms with Crippen LogP contribution in [0.1, 0.15) is 73.1 Å². The number of hydrogen-bond donors (Lipinski definition) is 0. The minimum absolute atomic E-state index is 0.0601. The van der Waals surface area contributed by atoms with Gasteiger partial charge in [0.05, 0.1) is 0 Å². The van der Waals surface area contributed by atoms with Crippen molar-refractivity contribution in [2.75, 3.05) is 0 Å². The molecule has 0 radical (unpaired) electrons. The van der Waals surface area contributed by atoms with Crippen LogP contribution in [0.25, 0.3) is 0 Å². The Balaban J connectivity index is 3.96. The summed E-state index contributed by atoms with van der Waals surface area (Å²) in [6, 6.07) is 0. The third-order valence-electron chi connectivity index (χ3n) is 3.49. The molecular formula is C14H28F2. The highest BCUT2D eigenvalue weighted by Crippen LogP contribution is 2.31. The third-order valence-corrected chi connectivity index (χ3v) is 3.49. The van der Waals surface area contributed by atoms with E-state index < -0.39 is 11.3 Å². The topological polar surface area (TPSA) is 0 Å². The van der Waals surface area contributed by atoms with Crippen molar-refractivity contribution in [3.8, 4) is 0 Å². The fraction of sp³-hybridized carbons (Fsp3) is 1.00. The van der Waals surface area contributed by atoms with Gasteiger partial charge < -0.3 is 0 Å². The Morgan fingerprint density at radius 3 is 1.94 bits per heavy atom. The predicted molar refractivity (Wildman–Crippen MR) is 67.2 cm³/mol. The molecule has 0 aliphatic rings. The predicted octanol–water partition coefficient (Wildman–Crippen LogP) is 5.46. The SMILES string of the molecule is CCCC(C)(F)CCCC(CC)C(C)(C)F. The molecule has 0 nitrogen and oxygen atoms in total. The van der Waals surface area contributed by atoms with Gasteiger partial charge in [-0.1, -0.05) is 26.7 Å². The van der Waals surface area contributed by atoms with Crippen LogP contribution in [0.3, 0.4) is 0 Å². The maximum absolute atomic E-state index is 13.8. The van der Waals surface area contributed by atoms with Crippen LogP contribution in [0.4, 0.5) is 8.78 Å². The number of halogens is 2. The molecule has 16 heavy (non-hydrogen) atoms. The lowest BCUT2D eigenvalue weighted by molar-refractivity contribution is 0.0999. The molecule has 0 aromatic rings. The smallest absolute Gasteiger partial charge is 0.108 e. The van der Waals surface area contributed by atoms with E-state index in [0.29, 0.717) is 12.8 Å². The monoisotopic (exact) mass is 234 g/mol. The fourth-order valence-electron chi connectivity index (χ4n) is 2.40. The van der Waals surface area contributed by atoms with E-state index in [1.807, 2.05) is 13.8 Å². The molecule has 0 aliphatic carbocycles. The molecule has 0 bridgehead atoms. The number of rotatable bonds is 8. The van der Waals surface area contributed by atoms with Crippen molar-refractivity contribution >= 4 is 0 Å². The van der Waals surface area contributed by atoms with E-state index in [4.69, 9.17) is 0 Å². The van der Waals surface area contributed by atoms with E-state index in [2.05, 4.69) is 0 Å². The molecule has 2 unspecified atom stereocenters. The molecule has 0 fully saturated rings. The van der Waals surface area contributed by atoms with Crippen molar-refractivity contribution in [1.82, 2.24) is 0 Å². The Bertz CT molecular complexity index is 180. The first-order chi connectivity index (χ1) is 7.23. The van der Waals surface area contributed by atoms with Crippen molar-refractivity contribution in [1.29, 1.82) is 0 Å². The molecule has 2 atom stereocenters. The van der Waals surface area contributed by atoms with Crippen LogP contribution in [-0.4, -0.2) is 11.3 Å². The first-order valence-corrected chi connectivity index (χ1v) is 6.60. The highest BCUT2D eigenvalue weighted by atomic mass is 19.1. The van der Waals surface area contributed by atoms with Gasteiger partial charge in [0.15, 0.2) is 0 Å². The van der Waals surface area contributed by atoms with Crippen molar-refractivity contribution < 1.29 is 8.78 Å². The molecule has 0 amide bonds. The first-order valence-electron chi connectivity index (χ1n) is 6.60. The average molecular weight is 234 g/mol. The van der Waals surface area contributed by atoms with E-state index >= 15 is 0 Å². The van der Waals surface area contributed by atoms with Crippen LogP contribution in [0.2, 0.25) is 0 Å². The minimum atomic E-state index is -1.13. The fourth-order valence-corrected chi connectivity index (χ4v) is 2.40. The van der Waals surface area contributed by atoms with Gasteiger partial charge in [-0.05, 0) is 52.4 Å². The lowest BCUT2D eigenvalue weighted by Crippen LogP contribution is -2.26. The highest BCUT2D eigenvalue weighted by molar-refractivity contribution is 4.79. The van der Waals surface area contributed by atoms with Gasteiger partial charge in [0, 0.05) is 0 Å². The summed E-state index contributed by atoms with van der Waals surface area (Å²) in [6.07, 6.45) is 4.47. The summed E-state index contributed by atoms with van der Waals surface area (Å²) in [4.78, 5) is 0. The average Bonchev–Trinajstić information content (AvgIpc) is 2.10. The zero-order chi connectivity index (χ0) is 12.8. The van der Waals surface area contributed by atoms with Crippen LogP contribution < -0.4 is 0 Å². The molecule has 0 heterocycles. The minimum Gasteiger partial charge on any atom is -0.244 e. The summed E-state index contributed by atoms with van der Waals surface area (Å²) < 4.78 is 27.6. The summed E-state index contributed by atoms with van der Waals surface area (Å²) in [6.45, 7) is 8.92. The molecule has 98 valence electrons. The molecular weight excluding hydrogens is 206 g/mol. The van der Waals surface area contributed by atoms with Crippen molar-refractivity contribution in [3.63, 3.8) is 0 Å². The second kappa shape index (κ2) is 6.56. The second-order valence-electron chi connectivity index (χ2n) is 5.73. The Hall–Kier alpha value is -0.140. The normalized spacial score (nSPS) is 18.2. The van der Waals surface area contributed by atoms with Crippen LogP contribution in [0.15, 0.2) is 0 Å². The number of alkyl halides is 2. The Labute approximate surface area is 99.8 Å². The molecule has 2 heteroatoms. The van der Waals surface area contributed by atoms with Crippen molar-refractivity contribution in [3.05, 3.63) is 0 Å². The van der Waals surface area contributed by atoms with E-state index in [1.54, 1.807) is 20.8 Å². The first kappa shape index (κ1) is 15.9. The van der Waals surface area contributed by atoms with Crippen LogP contribution in [-0.2, 0) is 0 Å². The van der Waals surface area contributed by atoms with Crippen molar-refractivity contribution in [2.45, 2.75) is 84.5 Å². The lowest BCUT2D eigenvalue weighted by atomic mass is 9.84. The third kappa shape index (κ3) is 6.44. The summed E-state index contributed by atoms with van der Waals surface area (Å²) in [5, 5.41) is 0. The van der Waals surface area contributed by atoms with Gasteiger partial charge in [0.2, 0.25) is 0 Å². The molecule has 0 aromatic carbocycles. The molecule has 0 saturated carbocycles. The van der Waals surface area contributed by atoms with Gasteiger partial charge in [-0.2, -0.15) is 0 Å². The molecule has 0 N–H and O–H groups in total. The summed E-state index contributed by atoms with van der Waals surface area (Å²) >= 11 is 0. The zero-order valence-electron chi connectivity index (χ0n) is 11.6. The molecule has 0 aromatic heterocycles. The van der Waals surface area contributed by atoms with E-state index in [-0.39, 0.29) is 5.92 Å². The van der Waals surface area contributed by atoms with E-state index in [1.165, 1.54) is 0 Å². The Morgan fingerprint density at radius 1 is 1.00 bits per heavy atom. The van der Waals surface area contributed by atoms with E-state index in [9.17, 15) is 8.78 Å². The zero-order valence-corrected chi connectivity index (χ0v) is 11.6. The van der Waals surface area contributed by atoms with Crippen molar-refractivity contribution in [2.24, 2.45) is 5.92 Å². The van der Waals surface area contributed by atoms with Gasteiger partial charge in [-0.3, -0.25) is 0 Å². The molecule has 0 saturated heterocycles. The Kier molecular flexibility index (Phi) is 6.50. The largest absolute Gasteiger partial charge is 0.244 e. The molecule has 0 spiro atoms. The highest BCUT2D eigenvalue weighted by Gasteiger charge is 2.28. The van der Waals surface area contributed by atoms with Crippen LogP contribution >= 0.6 is 0 Å². The summed E-state index contributed by atoms with van der Waals surface area (Å²) in [5.74, 6) is 0.0601. The van der Waals surface area contributed by atoms with Gasteiger partial charge in [0.25, 0.3) is 0 Å². The van der Waals surface area contributed by atoms with Gasteiger partial charge >= 0.3 is 0 Å². The quantitative estimate of drug-likeness (QED) is 0.523. The van der Waals surface area contributed by atoms with Crippen LogP contribution in [0, 0.1) is 5.92 Å². The Morgan fingerprint density at radius 2 is 1.56 bits per heavy atom. The van der Waals surface area contributed by atoms with E-state index in [0.717, 1.165) is 25.7 Å². The van der Waals surface area contributed by atoms with Gasteiger partial charge in [-0.25, -0.2) is 8.78 Å². The maximum Gasteiger partial charge on any atom is 0.108 e.